The van der Waals surface area contributed by atoms with Crippen LogP contribution in [0.5, 0.6) is 5.75 Å². The molecule has 0 radical (unpaired) electrons. The van der Waals surface area contributed by atoms with Crippen molar-refractivity contribution in [2.45, 2.75) is 25.8 Å². The van der Waals surface area contributed by atoms with Crippen molar-refractivity contribution in [3.8, 4) is 5.75 Å². The summed E-state index contributed by atoms with van der Waals surface area (Å²) in [4.78, 5) is 4.14. The minimum absolute atomic E-state index is 0.000185. The van der Waals surface area contributed by atoms with Gasteiger partial charge in [-0.2, -0.15) is 0 Å². The highest BCUT2D eigenvalue weighted by atomic mass is 19.1. The van der Waals surface area contributed by atoms with E-state index in [0.29, 0.717) is 5.75 Å². The van der Waals surface area contributed by atoms with Crippen molar-refractivity contribution in [1.82, 2.24) is 10.3 Å². The molecule has 4 heteroatoms. The van der Waals surface area contributed by atoms with Crippen LogP contribution in [0.15, 0.2) is 42.7 Å². The number of hydrogen-bond donors (Lipinski definition) is 1. The quantitative estimate of drug-likeness (QED) is 0.846. The molecule has 2 aromatic rings. The fraction of sp³-hybridized carbons (Fsp3) is 0.353. The van der Waals surface area contributed by atoms with Gasteiger partial charge in [0.25, 0.3) is 0 Å². The number of nitrogens with one attached hydrogen (secondary N) is 1. The van der Waals surface area contributed by atoms with Crippen molar-refractivity contribution in [2.75, 3.05) is 13.7 Å². The molecule has 0 aliphatic heterocycles. The third-order valence-electron chi connectivity index (χ3n) is 3.37. The summed E-state index contributed by atoms with van der Waals surface area (Å²) >= 11 is 0. The molecule has 0 aliphatic carbocycles. The van der Waals surface area contributed by atoms with Gasteiger partial charge in [-0.25, -0.2) is 4.39 Å². The molecular formula is C17H21FN2O. The van der Waals surface area contributed by atoms with E-state index in [-0.39, 0.29) is 11.9 Å². The van der Waals surface area contributed by atoms with E-state index in [1.807, 2.05) is 18.3 Å². The standard InChI is InChI=1S/C17H21FN2O/c1-3-8-20-16(10-13-5-4-9-19-12-13)15-11-14(18)6-7-17(15)21-2/h4-7,9,11-12,16,20H,3,8,10H2,1-2H3. The molecule has 0 amide bonds. The fourth-order valence-electron chi connectivity index (χ4n) is 2.34. The average molecular weight is 288 g/mol. The topological polar surface area (TPSA) is 34.2 Å². The van der Waals surface area contributed by atoms with Gasteiger partial charge < -0.3 is 10.1 Å². The Balaban J connectivity index is 2.28. The number of pyridine rings is 1. The molecule has 1 aromatic carbocycles. The Bertz CT molecular complexity index is 560. The van der Waals surface area contributed by atoms with Gasteiger partial charge >= 0.3 is 0 Å². The molecule has 0 saturated heterocycles. The Morgan fingerprint density at radius 2 is 2.19 bits per heavy atom. The largest absolute Gasteiger partial charge is 0.496 e. The van der Waals surface area contributed by atoms with E-state index in [1.54, 1.807) is 25.4 Å². The third kappa shape index (κ3) is 4.26. The summed E-state index contributed by atoms with van der Waals surface area (Å²) in [5, 5.41) is 3.46. The van der Waals surface area contributed by atoms with Crippen LogP contribution in [-0.4, -0.2) is 18.6 Å². The van der Waals surface area contributed by atoms with Crippen LogP contribution in [0.25, 0.3) is 0 Å². The first-order chi connectivity index (χ1) is 10.2. The molecule has 21 heavy (non-hydrogen) atoms. The zero-order valence-electron chi connectivity index (χ0n) is 12.5. The summed E-state index contributed by atoms with van der Waals surface area (Å²) in [6, 6.07) is 8.58. The summed E-state index contributed by atoms with van der Waals surface area (Å²) in [5.41, 5.74) is 1.95. The number of ether oxygens (including phenoxy) is 1. The number of aromatic nitrogens is 1. The van der Waals surface area contributed by atoms with Crippen LogP contribution in [0.2, 0.25) is 0 Å². The lowest BCUT2D eigenvalue weighted by Gasteiger charge is -2.21. The lowest BCUT2D eigenvalue weighted by atomic mass is 9.98. The highest BCUT2D eigenvalue weighted by Crippen LogP contribution is 2.28. The van der Waals surface area contributed by atoms with Crippen molar-refractivity contribution < 1.29 is 9.13 Å². The Kier molecular flexibility index (Phi) is 5.69. The van der Waals surface area contributed by atoms with E-state index in [9.17, 15) is 4.39 Å². The van der Waals surface area contributed by atoms with Gasteiger partial charge in [-0.15, -0.1) is 0 Å². The molecule has 1 heterocycles. The summed E-state index contributed by atoms with van der Waals surface area (Å²) in [6.07, 6.45) is 5.35. The van der Waals surface area contributed by atoms with E-state index in [2.05, 4.69) is 17.2 Å². The third-order valence-corrected chi connectivity index (χ3v) is 3.37. The van der Waals surface area contributed by atoms with Gasteiger partial charge in [0, 0.05) is 24.0 Å². The van der Waals surface area contributed by atoms with Crippen LogP contribution in [0.4, 0.5) is 4.39 Å². The number of benzene rings is 1. The van der Waals surface area contributed by atoms with Gasteiger partial charge in [0.05, 0.1) is 7.11 Å². The lowest BCUT2D eigenvalue weighted by molar-refractivity contribution is 0.396. The summed E-state index contributed by atoms with van der Waals surface area (Å²) < 4.78 is 19.0. The molecular weight excluding hydrogens is 267 g/mol. The van der Waals surface area contributed by atoms with Gasteiger partial charge in [-0.3, -0.25) is 4.98 Å². The lowest BCUT2D eigenvalue weighted by Crippen LogP contribution is -2.24. The highest BCUT2D eigenvalue weighted by Gasteiger charge is 2.17. The highest BCUT2D eigenvalue weighted by molar-refractivity contribution is 5.37. The van der Waals surface area contributed by atoms with Crippen LogP contribution >= 0.6 is 0 Å². The number of halogens is 1. The number of methoxy groups -OCH3 is 1. The van der Waals surface area contributed by atoms with E-state index < -0.39 is 0 Å². The molecule has 112 valence electrons. The summed E-state index contributed by atoms with van der Waals surface area (Å²) in [5.74, 6) is 0.453. The van der Waals surface area contributed by atoms with Crippen molar-refractivity contribution in [3.05, 3.63) is 59.7 Å². The van der Waals surface area contributed by atoms with Crippen LogP contribution in [0.3, 0.4) is 0 Å². The minimum atomic E-state index is -0.250. The molecule has 1 atom stereocenters. The number of nitrogens with zero attached hydrogens (tertiary/aromatic N) is 1. The molecule has 0 bridgehead atoms. The Hall–Kier alpha value is -1.94. The molecule has 0 saturated carbocycles. The van der Waals surface area contributed by atoms with Crippen LogP contribution in [0.1, 0.15) is 30.5 Å². The smallest absolute Gasteiger partial charge is 0.123 e. The predicted molar refractivity (Wildman–Crippen MR) is 81.9 cm³/mol. The monoisotopic (exact) mass is 288 g/mol. The minimum Gasteiger partial charge on any atom is -0.496 e. The van der Waals surface area contributed by atoms with Crippen molar-refractivity contribution >= 4 is 0 Å². The number of rotatable bonds is 7. The maximum atomic E-state index is 13.6. The van der Waals surface area contributed by atoms with Crippen LogP contribution in [-0.2, 0) is 6.42 Å². The van der Waals surface area contributed by atoms with Crippen LogP contribution in [0, 0.1) is 5.82 Å². The molecule has 0 fully saturated rings. The first-order valence-electron chi connectivity index (χ1n) is 7.20. The second-order valence-electron chi connectivity index (χ2n) is 4.96. The number of hydrogen-bond acceptors (Lipinski definition) is 3. The van der Waals surface area contributed by atoms with Crippen molar-refractivity contribution in [1.29, 1.82) is 0 Å². The fourth-order valence-corrected chi connectivity index (χ4v) is 2.34. The molecule has 3 nitrogen and oxygen atoms in total. The second kappa shape index (κ2) is 7.74. The predicted octanol–water partition coefficient (Wildman–Crippen LogP) is 3.51. The first-order valence-corrected chi connectivity index (χ1v) is 7.20. The molecule has 0 spiro atoms. The molecule has 1 aromatic heterocycles. The Morgan fingerprint density at radius 1 is 1.33 bits per heavy atom. The SMILES string of the molecule is CCCNC(Cc1cccnc1)c1cc(F)ccc1OC. The zero-order chi connectivity index (χ0) is 15.1. The van der Waals surface area contributed by atoms with Gasteiger partial charge in [0.1, 0.15) is 11.6 Å². The summed E-state index contributed by atoms with van der Waals surface area (Å²) in [7, 11) is 1.61. The molecule has 1 unspecified atom stereocenters. The normalized spacial score (nSPS) is 12.1. The van der Waals surface area contributed by atoms with E-state index in [0.717, 1.165) is 30.5 Å². The Labute approximate surface area is 125 Å². The van der Waals surface area contributed by atoms with E-state index in [4.69, 9.17) is 4.74 Å². The zero-order valence-corrected chi connectivity index (χ0v) is 12.5. The summed E-state index contributed by atoms with van der Waals surface area (Å²) in [6.45, 7) is 2.97. The van der Waals surface area contributed by atoms with Gasteiger partial charge in [-0.05, 0) is 49.2 Å². The molecule has 0 aliphatic rings. The maximum Gasteiger partial charge on any atom is 0.123 e. The molecule has 2 rings (SSSR count). The van der Waals surface area contributed by atoms with Gasteiger partial charge in [0.15, 0.2) is 0 Å². The van der Waals surface area contributed by atoms with Gasteiger partial charge in [0.2, 0.25) is 0 Å². The van der Waals surface area contributed by atoms with Gasteiger partial charge in [-0.1, -0.05) is 13.0 Å². The molecule has 1 N–H and O–H groups in total. The van der Waals surface area contributed by atoms with Crippen LogP contribution < -0.4 is 10.1 Å². The van der Waals surface area contributed by atoms with E-state index in [1.165, 1.54) is 6.07 Å². The maximum absolute atomic E-state index is 13.6. The second-order valence-corrected chi connectivity index (χ2v) is 4.96. The Morgan fingerprint density at radius 3 is 2.86 bits per heavy atom. The van der Waals surface area contributed by atoms with E-state index >= 15 is 0 Å². The van der Waals surface area contributed by atoms with Crippen molar-refractivity contribution in [2.24, 2.45) is 0 Å². The first kappa shape index (κ1) is 15.4. The average Bonchev–Trinajstić information content (AvgIpc) is 2.52. The van der Waals surface area contributed by atoms with Crippen molar-refractivity contribution in [3.63, 3.8) is 0 Å².